The monoisotopic (exact) mass is 368 g/mol. The van der Waals surface area contributed by atoms with Crippen molar-refractivity contribution in [2.45, 2.75) is 26.4 Å². The molecule has 0 saturated heterocycles. The number of nitrogens with zero attached hydrogens (tertiary/aromatic N) is 3. The molecule has 0 aliphatic carbocycles. The lowest BCUT2D eigenvalue weighted by molar-refractivity contribution is -0.383. The van der Waals surface area contributed by atoms with Crippen LogP contribution in [0.1, 0.15) is 25.5 Å². The number of amides is 1. The second-order valence-corrected chi connectivity index (χ2v) is 6.07. The van der Waals surface area contributed by atoms with Gasteiger partial charge in [0.1, 0.15) is 17.8 Å². The largest absolute Gasteiger partial charge is 0.494 e. The number of hydrogen-bond donors (Lipinski definition) is 1. The minimum absolute atomic E-state index is 0.0529. The van der Waals surface area contributed by atoms with Gasteiger partial charge in [-0.3, -0.25) is 14.9 Å². The molecular formula is C19H20N4O4. The summed E-state index contributed by atoms with van der Waals surface area (Å²) >= 11 is 0. The molecule has 0 saturated carbocycles. The van der Waals surface area contributed by atoms with Gasteiger partial charge in [0.05, 0.1) is 29.4 Å². The summed E-state index contributed by atoms with van der Waals surface area (Å²) in [7, 11) is 0. The third kappa shape index (κ3) is 4.05. The van der Waals surface area contributed by atoms with Crippen molar-refractivity contribution in [1.29, 1.82) is 0 Å². The van der Waals surface area contributed by atoms with Crippen LogP contribution in [0.4, 0.5) is 5.69 Å². The van der Waals surface area contributed by atoms with E-state index in [1.165, 1.54) is 17.0 Å². The van der Waals surface area contributed by atoms with Gasteiger partial charge < -0.3 is 14.6 Å². The zero-order valence-corrected chi connectivity index (χ0v) is 15.1. The summed E-state index contributed by atoms with van der Waals surface area (Å²) in [4.78, 5) is 27.3. The van der Waals surface area contributed by atoms with Crippen molar-refractivity contribution in [3.63, 3.8) is 0 Å². The highest BCUT2D eigenvalue weighted by molar-refractivity contribution is 5.87. The Kier molecular flexibility index (Phi) is 5.35. The second-order valence-electron chi connectivity index (χ2n) is 6.07. The standard InChI is InChI=1S/C19H20N4O4/c1-3-27-15-9-7-14(8-10-15)13(2)21-18(24)11-22-12-20-16-5-4-6-17(19(16)22)23(25)26/h4-10,12-13H,3,11H2,1-2H3,(H,21,24)/t13-/m0/s1. The third-order valence-electron chi connectivity index (χ3n) is 4.20. The van der Waals surface area contributed by atoms with Gasteiger partial charge in [0.25, 0.3) is 5.69 Å². The molecule has 0 radical (unpaired) electrons. The SMILES string of the molecule is CCOc1ccc([C@H](C)NC(=O)Cn2cnc3cccc([N+](=O)[O-])c32)cc1. The van der Waals surface area contributed by atoms with Crippen molar-refractivity contribution in [3.05, 3.63) is 64.5 Å². The van der Waals surface area contributed by atoms with Crippen molar-refractivity contribution >= 4 is 22.6 Å². The Labute approximate surface area is 155 Å². The fourth-order valence-electron chi connectivity index (χ4n) is 2.92. The quantitative estimate of drug-likeness (QED) is 0.510. The van der Waals surface area contributed by atoms with E-state index in [0.29, 0.717) is 17.6 Å². The maximum absolute atomic E-state index is 12.4. The third-order valence-corrected chi connectivity index (χ3v) is 4.20. The zero-order chi connectivity index (χ0) is 19.4. The Bertz CT molecular complexity index is 966. The summed E-state index contributed by atoms with van der Waals surface area (Å²) in [6, 6.07) is 12.0. The number of carbonyl (C=O) groups excluding carboxylic acids is 1. The molecule has 140 valence electrons. The maximum Gasteiger partial charge on any atom is 0.295 e. The van der Waals surface area contributed by atoms with Crippen LogP contribution in [-0.4, -0.2) is 27.0 Å². The van der Waals surface area contributed by atoms with E-state index in [9.17, 15) is 14.9 Å². The molecule has 0 fully saturated rings. The first-order valence-electron chi connectivity index (χ1n) is 8.60. The molecular weight excluding hydrogens is 348 g/mol. The van der Waals surface area contributed by atoms with E-state index in [1.807, 2.05) is 38.1 Å². The summed E-state index contributed by atoms with van der Waals surface area (Å²) < 4.78 is 6.90. The summed E-state index contributed by atoms with van der Waals surface area (Å²) in [6.45, 7) is 4.34. The molecule has 3 aromatic rings. The number of rotatable bonds is 7. The van der Waals surface area contributed by atoms with Crippen molar-refractivity contribution in [1.82, 2.24) is 14.9 Å². The number of benzene rings is 2. The van der Waals surface area contributed by atoms with E-state index in [-0.39, 0.29) is 24.2 Å². The Hall–Kier alpha value is -3.42. The lowest BCUT2D eigenvalue weighted by Gasteiger charge is -2.15. The number of carbonyl (C=O) groups is 1. The van der Waals surface area contributed by atoms with E-state index < -0.39 is 4.92 Å². The van der Waals surface area contributed by atoms with E-state index >= 15 is 0 Å². The Morgan fingerprint density at radius 2 is 2.04 bits per heavy atom. The van der Waals surface area contributed by atoms with Gasteiger partial charge in [-0.25, -0.2) is 4.98 Å². The number of nitro groups is 1. The van der Waals surface area contributed by atoms with Gasteiger partial charge in [0.15, 0.2) is 0 Å². The first-order valence-corrected chi connectivity index (χ1v) is 8.60. The lowest BCUT2D eigenvalue weighted by Crippen LogP contribution is -2.30. The molecule has 0 spiro atoms. The van der Waals surface area contributed by atoms with Gasteiger partial charge in [-0.15, -0.1) is 0 Å². The van der Waals surface area contributed by atoms with E-state index in [4.69, 9.17) is 4.74 Å². The highest BCUT2D eigenvalue weighted by atomic mass is 16.6. The van der Waals surface area contributed by atoms with E-state index in [0.717, 1.165) is 11.3 Å². The van der Waals surface area contributed by atoms with Gasteiger partial charge in [0, 0.05) is 6.07 Å². The highest BCUT2D eigenvalue weighted by Crippen LogP contribution is 2.24. The van der Waals surface area contributed by atoms with E-state index in [2.05, 4.69) is 10.3 Å². The predicted octanol–water partition coefficient (Wildman–Crippen LogP) is 3.22. The minimum Gasteiger partial charge on any atom is -0.494 e. The number of hydrogen-bond acceptors (Lipinski definition) is 5. The number of para-hydroxylation sites is 1. The molecule has 1 atom stereocenters. The molecule has 0 bridgehead atoms. The van der Waals surface area contributed by atoms with Gasteiger partial charge in [-0.05, 0) is 37.6 Å². The molecule has 1 amide bonds. The topological polar surface area (TPSA) is 99.3 Å². The molecule has 2 aromatic carbocycles. The van der Waals surface area contributed by atoms with Crippen LogP contribution in [0, 0.1) is 10.1 Å². The number of ether oxygens (including phenoxy) is 1. The summed E-state index contributed by atoms with van der Waals surface area (Å²) in [5.41, 5.74) is 1.69. The van der Waals surface area contributed by atoms with Crippen LogP contribution in [0.3, 0.4) is 0 Å². The first kappa shape index (κ1) is 18.4. The number of non-ortho nitro benzene ring substituents is 1. The average Bonchev–Trinajstić information content (AvgIpc) is 3.05. The number of aromatic nitrogens is 2. The Balaban J connectivity index is 1.72. The maximum atomic E-state index is 12.4. The first-order chi connectivity index (χ1) is 13.0. The number of nitrogens with one attached hydrogen (secondary N) is 1. The van der Waals surface area contributed by atoms with Crippen molar-refractivity contribution in [2.75, 3.05) is 6.61 Å². The second kappa shape index (κ2) is 7.86. The van der Waals surface area contributed by atoms with Gasteiger partial charge in [0.2, 0.25) is 5.91 Å². The van der Waals surface area contributed by atoms with Crippen LogP contribution >= 0.6 is 0 Å². The molecule has 3 rings (SSSR count). The molecule has 0 aliphatic heterocycles. The fourth-order valence-corrected chi connectivity index (χ4v) is 2.92. The lowest BCUT2D eigenvalue weighted by atomic mass is 10.1. The van der Waals surface area contributed by atoms with Crippen LogP contribution in [0.15, 0.2) is 48.8 Å². The molecule has 0 aliphatic rings. The van der Waals surface area contributed by atoms with Crippen LogP contribution in [-0.2, 0) is 11.3 Å². The predicted molar refractivity (Wildman–Crippen MR) is 101 cm³/mol. The highest BCUT2D eigenvalue weighted by Gasteiger charge is 2.18. The minimum atomic E-state index is -0.471. The summed E-state index contributed by atoms with van der Waals surface area (Å²) in [6.07, 6.45) is 1.44. The summed E-state index contributed by atoms with van der Waals surface area (Å²) in [5, 5.41) is 14.1. The smallest absolute Gasteiger partial charge is 0.295 e. The van der Waals surface area contributed by atoms with Crippen LogP contribution in [0.5, 0.6) is 5.75 Å². The van der Waals surface area contributed by atoms with Crippen molar-refractivity contribution in [2.24, 2.45) is 0 Å². The number of imidazole rings is 1. The molecule has 1 heterocycles. The van der Waals surface area contributed by atoms with Crippen LogP contribution in [0.2, 0.25) is 0 Å². The van der Waals surface area contributed by atoms with Crippen LogP contribution in [0.25, 0.3) is 11.0 Å². The van der Waals surface area contributed by atoms with Gasteiger partial charge in [-0.1, -0.05) is 18.2 Å². The number of nitro benzene ring substituents is 1. The zero-order valence-electron chi connectivity index (χ0n) is 15.1. The Morgan fingerprint density at radius 3 is 2.70 bits per heavy atom. The summed E-state index contributed by atoms with van der Waals surface area (Å²) in [5.74, 6) is 0.519. The molecule has 1 N–H and O–H groups in total. The molecule has 0 unspecified atom stereocenters. The van der Waals surface area contributed by atoms with Crippen molar-refractivity contribution in [3.8, 4) is 5.75 Å². The molecule has 8 heteroatoms. The van der Waals surface area contributed by atoms with Crippen LogP contribution < -0.4 is 10.1 Å². The average molecular weight is 368 g/mol. The van der Waals surface area contributed by atoms with E-state index in [1.54, 1.807) is 12.1 Å². The number of fused-ring (bicyclic) bond motifs is 1. The molecule has 8 nitrogen and oxygen atoms in total. The van der Waals surface area contributed by atoms with Gasteiger partial charge >= 0.3 is 0 Å². The Morgan fingerprint density at radius 1 is 1.30 bits per heavy atom. The molecule has 27 heavy (non-hydrogen) atoms. The fraction of sp³-hybridized carbons (Fsp3) is 0.263. The van der Waals surface area contributed by atoms with Crippen molar-refractivity contribution < 1.29 is 14.5 Å². The normalized spacial score (nSPS) is 11.9. The van der Waals surface area contributed by atoms with Gasteiger partial charge in [-0.2, -0.15) is 0 Å². The molecule has 1 aromatic heterocycles.